The number of benzene rings is 1. The van der Waals surface area contributed by atoms with Crippen LogP contribution < -0.4 is 4.57 Å². The number of halogens is 1. The Bertz CT molecular complexity index is 676. The molecule has 3 aromatic rings. The SMILES string of the molecule is Brc1ccc(-c2ccc(C[n+]3ccccc3)cn2)cc1. The summed E-state index contributed by atoms with van der Waals surface area (Å²) in [5.74, 6) is 0. The van der Waals surface area contributed by atoms with Crippen LogP contribution in [-0.2, 0) is 6.54 Å². The Labute approximate surface area is 126 Å². The molecule has 0 spiro atoms. The van der Waals surface area contributed by atoms with Gasteiger partial charge < -0.3 is 0 Å². The summed E-state index contributed by atoms with van der Waals surface area (Å²) < 4.78 is 3.22. The fraction of sp³-hybridized carbons (Fsp3) is 0.0588. The van der Waals surface area contributed by atoms with Crippen molar-refractivity contribution in [3.05, 3.63) is 83.2 Å². The Kier molecular flexibility index (Phi) is 3.88. The van der Waals surface area contributed by atoms with E-state index in [0.29, 0.717) is 0 Å². The maximum atomic E-state index is 4.55. The van der Waals surface area contributed by atoms with E-state index in [-0.39, 0.29) is 0 Å². The van der Waals surface area contributed by atoms with Crippen molar-refractivity contribution in [2.75, 3.05) is 0 Å². The summed E-state index contributed by atoms with van der Waals surface area (Å²) in [7, 11) is 0. The van der Waals surface area contributed by atoms with E-state index in [1.807, 2.05) is 36.5 Å². The minimum Gasteiger partial charge on any atom is -0.256 e. The van der Waals surface area contributed by atoms with Gasteiger partial charge in [-0.25, -0.2) is 4.57 Å². The van der Waals surface area contributed by atoms with Crippen LogP contribution in [0.1, 0.15) is 5.56 Å². The molecule has 0 unspecified atom stereocenters. The molecule has 0 aliphatic carbocycles. The van der Waals surface area contributed by atoms with E-state index in [2.05, 4.69) is 62.1 Å². The summed E-state index contributed by atoms with van der Waals surface area (Å²) in [6, 6.07) is 18.5. The van der Waals surface area contributed by atoms with Crippen molar-refractivity contribution < 1.29 is 4.57 Å². The molecule has 0 saturated heterocycles. The van der Waals surface area contributed by atoms with Crippen LogP contribution >= 0.6 is 15.9 Å². The van der Waals surface area contributed by atoms with E-state index in [1.54, 1.807) is 0 Å². The second kappa shape index (κ2) is 5.97. The van der Waals surface area contributed by atoms with Gasteiger partial charge >= 0.3 is 0 Å². The van der Waals surface area contributed by atoms with E-state index in [1.165, 1.54) is 5.56 Å². The van der Waals surface area contributed by atoms with Crippen LogP contribution in [0.3, 0.4) is 0 Å². The van der Waals surface area contributed by atoms with E-state index in [4.69, 9.17) is 0 Å². The van der Waals surface area contributed by atoms with Crippen molar-refractivity contribution in [2.24, 2.45) is 0 Å². The van der Waals surface area contributed by atoms with Crippen molar-refractivity contribution in [1.29, 1.82) is 0 Å². The maximum absolute atomic E-state index is 4.55. The highest BCUT2D eigenvalue weighted by Gasteiger charge is 2.03. The summed E-state index contributed by atoms with van der Waals surface area (Å²) in [4.78, 5) is 4.55. The standard InChI is InChI=1S/C17H14BrN2/c18-16-7-5-15(6-8-16)17-9-4-14(12-19-17)13-20-10-2-1-3-11-20/h1-12H,13H2/q+1. The first-order valence-electron chi connectivity index (χ1n) is 6.46. The lowest BCUT2D eigenvalue weighted by molar-refractivity contribution is -0.688. The predicted molar refractivity (Wildman–Crippen MR) is 83.1 cm³/mol. The molecular weight excluding hydrogens is 312 g/mol. The number of nitrogens with zero attached hydrogens (tertiary/aromatic N) is 2. The van der Waals surface area contributed by atoms with Gasteiger partial charge in [-0.05, 0) is 24.3 Å². The van der Waals surface area contributed by atoms with Crippen LogP contribution in [0.5, 0.6) is 0 Å². The molecule has 98 valence electrons. The van der Waals surface area contributed by atoms with Crippen molar-refractivity contribution in [3.8, 4) is 11.3 Å². The third kappa shape index (κ3) is 3.11. The van der Waals surface area contributed by atoms with Gasteiger partial charge in [-0.2, -0.15) is 0 Å². The van der Waals surface area contributed by atoms with Crippen LogP contribution in [0.25, 0.3) is 11.3 Å². The topological polar surface area (TPSA) is 16.8 Å². The van der Waals surface area contributed by atoms with Gasteiger partial charge in [-0.15, -0.1) is 0 Å². The van der Waals surface area contributed by atoms with Gasteiger partial charge in [0.2, 0.25) is 0 Å². The molecule has 0 saturated carbocycles. The minimum atomic E-state index is 0.842. The first kappa shape index (κ1) is 13.0. The van der Waals surface area contributed by atoms with Crippen molar-refractivity contribution in [3.63, 3.8) is 0 Å². The summed E-state index contributed by atoms with van der Waals surface area (Å²) >= 11 is 3.44. The third-order valence-electron chi connectivity index (χ3n) is 3.11. The molecule has 0 amide bonds. The fourth-order valence-corrected chi connectivity index (χ4v) is 2.32. The molecule has 2 aromatic heterocycles. The average molecular weight is 326 g/mol. The van der Waals surface area contributed by atoms with E-state index in [0.717, 1.165) is 22.3 Å². The Balaban J connectivity index is 1.79. The van der Waals surface area contributed by atoms with Gasteiger partial charge in [0.15, 0.2) is 18.9 Å². The van der Waals surface area contributed by atoms with Crippen molar-refractivity contribution in [2.45, 2.75) is 6.54 Å². The monoisotopic (exact) mass is 325 g/mol. The highest BCUT2D eigenvalue weighted by Crippen LogP contribution is 2.19. The highest BCUT2D eigenvalue weighted by atomic mass is 79.9. The zero-order valence-corrected chi connectivity index (χ0v) is 12.5. The molecule has 0 atom stereocenters. The predicted octanol–water partition coefficient (Wildman–Crippen LogP) is 3.85. The molecule has 3 heteroatoms. The second-order valence-electron chi connectivity index (χ2n) is 4.61. The molecule has 0 bridgehead atoms. The number of pyridine rings is 2. The molecular formula is C17H14BrN2+. The number of hydrogen-bond acceptors (Lipinski definition) is 1. The van der Waals surface area contributed by atoms with Crippen LogP contribution in [0, 0.1) is 0 Å². The van der Waals surface area contributed by atoms with Gasteiger partial charge in [-0.3, -0.25) is 4.98 Å². The van der Waals surface area contributed by atoms with Gasteiger partial charge in [0, 0.05) is 33.9 Å². The number of rotatable bonds is 3. The maximum Gasteiger partial charge on any atom is 0.175 e. The van der Waals surface area contributed by atoms with Crippen LogP contribution in [0.4, 0.5) is 0 Å². The quantitative estimate of drug-likeness (QED) is 0.668. The van der Waals surface area contributed by atoms with E-state index in [9.17, 15) is 0 Å². The smallest absolute Gasteiger partial charge is 0.175 e. The Morgan fingerprint density at radius 3 is 2.30 bits per heavy atom. The van der Waals surface area contributed by atoms with Gasteiger partial charge in [0.05, 0.1) is 5.69 Å². The highest BCUT2D eigenvalue weighted by molar-refractivity contribution is 9.10. The lowest BCUT2D eigenvalue weighted by Crippen LogP contribution is -2.32. The summed E-state index contributed by atoms with van der Waals surface area (Å²) in [5, 5.41) is 0. The van der Waals surface area contributed by atoms with E-state index < -0.39 is 0 Å². The minimum absolute atomic E-state index is 0.842. The van der Waals surface area contributed by atoms with Crippen LogP contribution in [-0.4, -0.2) is 4.98 Å². The number of hydrogen-bond donors (Lipinski definition) is 0. The molecule has 2 nitrogen and oxygen atoms in total. The molecule has 0 aliphatic rings. The molecule has 0 fully saturated rings. The Morgan fingerprint density at radius 2 is 1.65 bits per heavy atom. The largest absolute Gasteiger partial charge is 0.256 e. The number of aromatic nitrogens is 2. The summed E-state index contributed by atoms with van der Waals surface area (Å²) in [6.45, 7) is 0.842. The summed E-state index contributed by atoms with van der Waals surface area (Å²) in [5.41, 5.74) is 3.33. The molecule has 0 radical (unpaired) electrons. The first-order chi connectivity index (χ1) is 9.81. The van der Waals surface area contributed by atoms with Gasteiger partial charge in [0.1, 0.15) is 0 Å². The zero-order chi connectivity index (χ0) is 13.8. The average Bonchev–Trinajstić information content (AvgIpc) is 2.50. The summed E-state index contributed by atoms with van der Waals surface area (Å²) in [6.07, 6.45) is 6.06. The molecule has 1 aromatic carbocycles. The lowest BCUT2D eigenvalue weighted by Gasteiger charge is -2.02. The lowest BCUT2D eigenvalue weighted by atomic mass is 10.1. The van der Waals surface area contributed by atoms with Crippen LogP contribution in [0.2, 0.25) is 0 Å². The second-order valence-corrected chi connectivity index (χ2v) is 5.52. The van der Waals surface area contributed by atoms with Crippen molar-refractivity contribution in [1.82, 2.24) is 4.98 Å². The molecule has 3 rings (SSSR count). The molecule has 2 heterocycles. The Morgan fingerprint density at radius 1 is 0.900 bits per heavy atom. The molecule has 0 aliphatic heterocycles. The van der Waals surface area contributed by atoms with Crippen LogP contribution in [0.15, 0.2) is 77.7 Å². The molecule has 0 N–H and O–H groups in total. The van der Waals surface area contributed by atoms with Gasteiger partial charge in [-0.1, -0.05) is 34.1 Å². The van der Waals surface area contributed by atoms with Crippen molar-refractivity contribution >= 4 is 15.9 Å². The van der Waals surface area contributed by atoms with Gasteiger partial charge in [0.25, 0.3) is 0 Å². The molecule has 20 heavy (non-hydrogen) atoms. The normalized spacial score (nSPS) is 10.4. The zero-order valence-electron chi connectivity index (χ0n) is 10.9. The first-order valence-corrected chi connectivity index (χ1v) is 7.25. The fourth-order valence-electron chi connectivity index (χ4n) is 2.06. The Hall–Kier alpha value is -2.00. The van der Waals surface area contributed by atoms with E-state index >= 15 is 0 Å². The third-order valence-corrected chi connectivity index (χ3v) is 3.64.